The van der Waals surface area contributed by atoms with Gasteiger partial charge in [-0.25, -0.2) is 4.98 Å². The second kappa shape index (κ2) is 11.7. The number of aliphatic imine (C=N–C) groups is 1. The summed E-state index contributed by atoms with van der Waals surface area (Å²) in [4.78, 5) is 22.8. The van der Waals surface area contributed by atoms with Gasteiger partial charge in [-0.05, 0) is 19.8 Å². The molecule has 2 rings (SSSR count). The maximum Gasteiger partial charge on any atom is 0.221 e. The van der Waals surface area contributed by atoms with Crippen molar-refractivity contribution in [2.75, 3.05) is 20.6 Å². The van der Waals surface area contributed by atoms with Gasteiger partial charge in [0.2, 0.25) is 5.91 Å². The largest absolute Gasteiger partial charge is 0.356 e. The molecule has 0 bridgehead atoms. The molecule has 1 heterocycles. The Morgan fingerprint density at radius 1 is 1.40 bits per heavy atom. The number of carbonyl (C=O) groups is 1. The highest BCUT2D eigenvalue weighted by Crippen LogP contribution is 2.17. The fourth-order valence-corrected chi connectivity index (χ4v) is 3.62. The lowest BCUT2D eigenvalue weighted by Gasteiger charge is -2.23. The highest BCUT2D eigenvalue weighted by molar-refractivity contribution is 14.0. The summed E-state index contributed by atoms with van der Waals surface area (Å²) < 4.78 is 0. The second-order valence-corrected chi connectivity index (χ2v) is 7.40. The number of amides is 1. The predicted molar refractivity (Wildman–Crippen MR) is 115 cm³/mol. The molecule has 6 nitrogen and oxygen atoms in total. The highest BCUT2D eigenvalue weighted by atomic mass is 127. The number of halogens is 1. The monoisotopic (exact) mass is 479 g/mol. The Morgan fingerprint density at radius 2 is 2.12 bits per heavy atom. The molecule has 0 aliphatic heterocycles. The Bertz CT molecular complexity index is 557. The van der Waals surface area contributed by atoms with Gasteiger partial charge in [0.1, 0.15) is 0 Å². The van der Waals surface area contributed by atoms with Crippen molar-refractivity contribution >= 4 is 47.2 Å². The summed E-state index contributed by atoms with van der Waals surface area (Å²) >= 11 is 1.65. The van der Waals surface area contributed by atoms with Crippen LogP contribution in [0.15, 0.2) is 10.4 Å². The quantitative estimate of drug-likeness (QED) is 0.374. The maximum absolute atomic E-state index is 12.0. The molecule has 1 aliphatic rings. The van der Waals surface area contributed by atoms with E-state index in [1.54, 1.807) is 18.4 Å². The van der Waals surface area contributed by atoms with E-state index >= 15 is 0 Å². The van der Waals surface area contributed by atoms with Crippen LogP contribution < -0.4 is 10.6 Å². The van der Waals surface area contributed by atoms with E-state index in [1.165, 1.54) is 19.3 Å². The number of hydrogen-bond donors (Lipinski definition) is 2. The van der Waals surface area contributed by atoms with Gasteiger partial charge in [0.25, 0.3) is 0 Å². The van der Waals surface area contributed by atoms with Crippen LogP contribution in [0.3, 0.4) is 0 Å². The number of nitrogens with one attached hydrogen (secondary N) is 2. The van der Waals surface area contributed by atoms with Crippen LogP contribution in [-0.4, -0.2) is 48.4 Å². The molecule has 142 valence electrons. The number of nitrogens with zero attached hydrogens (tertiary/aromatic N) is 3. The molecule has 1 aliphatic carbocycles. The van der Waals surface area contributed by atoms with Crippen molar-refractivity contribution in [2.24, 2.45) is 4.99 Å². The van der Waals surface area contributed by atoms with Crippen molar-refractivity contribution in [3.63, 3.8) is 0 Å². The first-order valence-corrected chi connectivity index (χ1v) is 9.58. The fourth-order valence-electron chi connectivity index (χ4n) is 3.02. The average Bonchev–Trinajstić information content (AvgIpc) is 2.97. The molecule has 1 amide bonds. The highest BCUT2D eigenvalue weighted by Gasteiger charge is 2.15. The van der Waals surface area contributed by atoms with Gasteiger partial charge in [0.05, 0.1) is 17.2 Å². The molecule has 1 saturated carbocycles. The van der Waals surface area contributed by atoms with Crippen molar-refractivity contribution in [2.45, 2.75) is 58.0 Å². The lowest BCUT2D eigenvalue weighted by Crippen LogP contribution is -2.41. The molecule has 0 spiro atoms. The Hall–Kier alpha value is -0.900. The molecule has 0 aromatic carbocycles. The van der Waals surface area contributed by atoms with Gasteiger partial charge >= 0.3 is 0 Å². The van der Waals surface area contributed by atoms with E-state index in [0.29, 0.717) is 25.6 Å². The topological polar surface area (TPSA) is 69.6 Å². The molecule has 2 N–H and O–H groups in total. The summed E-state index contributed by atoms with van der Waals surface area (Å²) in [6.45, 7) is 3.30. The molecular formula is C17H30IN5OS. The van der Waals surface area contributed by atoms with E-state index in [0.717, 1.165) is 29.5 Å². The lowest BCUT2D eigenvalue weighted by molar-refractivity contribution is -0.121. The van der Waals surface area contributed by atoms with Crippen LogP contribution >= 0.6 is 35.3 Å². The number of guanidine groups is 1. The Balaban J connectivity index is 0.00000312. The van der Waals surface area contributed by atoms with Crippen LogP contribution in [0.4, 0.5) is 0 Å². The lowest BCUT2D eigenvalue weighted by atomic mass is 9.95. The van der Waals surface area contributed by atoms with E-state index < -0.39 is 0 Å². The summed E-state index contributed by atoms with van der Waals surface area (Å²) in [7, 11) is 3.74. The summed E-state index contributed by atoms with van der Waals surface area (Å²) in [5.41, 5.74) is 1.04. The van der Waals surface area contributed by atoms with Gasteiger partial charge in [0, 0.05) is 38.5 Å². The fraction of sp³-hybridized carbons (Fsp3) is 0.706. The minimum Gasteiger partial charge on any atom is -0.356 e. The summed E-state index contributed by atoms with van der Waals surface area (Å²) in [6, 6.07) is 0.376. The van der Waals surface area contributed by atoms with Crippen molar-refractivity contribution in [3.05, 3.63) is 16.1 Å². The summed E-state index contributed by atoms with van der Waals surface area (Å²) in [5.74, 6) is 0.911. The van der Waals surface area contributed by atoms with Crippen molar-refractivity contribution in [3.8, 4) is 0 Å². The maximum atomic E-state index is 12.0. The Morgan fingerprint density at radius 3 is 2.72 bits per heavy atom. The predicted octanol–water partition coefficient (Wildman–Crippen LogP) is 2.92. The van der Waals surface area contributed by atoms with E-state index in [1.807, 2.05) is 18.9 Å². The van der Waals surface area contributed by atoms with Gasteiger partial charge < -0.3 is 15.5 Å². The molecule has 25 heavy (non-hydrogen) atoms. The van der Waals surface area contributed by atoms with E-state index in [2.05, 4.69) is 26.0 Å². The number of hydrogen-bond acceptors (Lipinski definition) is 4. The van der Waals surface area contributed by atoms with Gasteiger partial charge in [0.15, 0.2) is 5.96 Å². The van der Waals surface area contributed by atoms with E-state index in [4.69, 9.17) is 0 Å². The van der Waals surface area contributed by atoms with Crippen molar-refractivity contribution < 1.29 is 4.79 Å². The third-order valence-corrected chi connectivity index (χ3v) is 5.07. The first kappa shape index (κ1) is 22.1. The minimum atomic E-state index is 0. The standard InChI is InChI=1S/C17H29N5OS.HI/c1-13-20-15(12-24-13)11-22(3)17(18-2)19-10-9-16(23)21-14-7-5-4-6-8-14;/h12,14H,4-11H2,1-3H3,(H,18,19)(H,21,23);1H. The Kier molecular flexibility index (Phi) is 10.3. The van der Waals surface area contributed by atoms with E-state index in [-0.39, 0.29) is 29.9 Å². The van der Waals surface area contributed by atoms with Gasteiger partial charge in [-0.3, -0.25) is 9.79 Å². The molecule has 0 radical (unpaired) electrons. The van der Waals surface area contributed by atoms with Crippen molar-refractivity contribution in [1.29, 1.82) is 0 Å². The van der Waals surface area contributed by atoms with Crippen LogP contribution in [0.2, 0.25) is 0 Å². The molecule has 1 fully saturated rings. The number of aromatic nitrogens is 1. The first-order chi connectivity index (χ1) is 11.6. The summed E-state index contributed by atoms with van der Waals surface area (Å²) in [5, 5.41) is 9.53. The normalized spacial score (nSPS) is 15.4. The average molecular weight is 479 g/mol. The van der Waals surface area contributed by atoms with Crippen LogP contribution in [0, 0.1) is 6.92 Å². The van der Waals surface area contributed by atoms with Crippen LogP contribution in [0.5, 0.6) is 0 Å². The second-order valence-electron chi connectivity index (χ2n) is 6.34. The molecule has 0 unspecified atom stereocenters. The third-order valence-electron chi connectivity index (χ3n) is 4.24. The van der Waals surface area contributed by atoms with E-state index in [9.17, 15) is 4.79 Å². The zero-order valence-corrected chi connectivity index (χ0v) is 18.5. The first-order valence-electron chi connectivity index (χ1n) is 8.70. The Labute approximate surface area is 171 Å². The minimum absolute atomic E-state index is 0. The zero-order valence-electron chi connectivity index (χ0n) is 15.4. The van der Waals surface area contributed by atoms with Crippen molar-refractivity contribution in [1.82, 2.24) is 20.5 Å². The van der Waals surface area contributed by atoms with Crippen LogP contribution in [-0.2, 0) is 11.3 Å². The SMILES string of the molecule is CN=C(NCCC(=O)NC1CCCCC1)N(C)Cc1csc(C)n1.I. The number of carbonyl (C=O) groups excluding carboxylic acids is 1. The molecule has 0 saturated heterocycles. The molecule has 1 aromatic heterocycles. The summed E-state index contributed by atoms with van der Waals surface area (Å²) in [6.07, 6.45) is 6.48. The van der Waals surface area contributed by atoms with Gasteiger partial charge in [-0.15, -0.1) is 35.3 Å². The number of thiazole rings is 1. The molecule has 8 heteroatoms. The van der Waals surface area contributed by atoms with Crippen LogP contribution in [0.1, 0.15) is 49.2 Å². The van der Waals surface area contributed by atoms with Crippen LogP contribution in [0.25, 0.3) is 0 Å². The molecule has 1 aromatic rings. The zero-order chi connectivity index (χ0) is 17.4. The third kappa shape index (κ3) is 7.89. The van der Waals surface area contributed by atoms with Gasteiger partial charge in [-0.2, -0.15) is 0 Å². The number of rotatable bonds is 6. The number of aryl methyl sites for hydroxylation is 1. The molecular weight excluding hydrogens is 449 g/mol. The smallest absolute Gasteiger partial charge is 0.221 e. The molecule has 0 atom stereocenters. The van der Waals surface area contributed by atoms with Gasteiger partial charge in [-0.1, -0.05) is 19.3 Å².